The average Bonchev–Trinajstić information content (AvgIpc) is 2.75. The van der Waals surface area contributed by atoms with Gasteiger partial charge in [0.25, 0.3) is 5.91 Å². The first-order valence-electron chi connectivity index (χ1n) is 10.1. The second-order valence-corrected chi connectivity index (χ2v) is 8.26. The zero-order valence-electron chi connectivity index (χ0n) is 16.4. The lowest BCUT2D eigenvalue weighted by Crippen LogP contribution is -2.43. The fourth-order valence-electron chi connectivity index (χ4n) is 4.60. The van der Waals surface area contributed by atoms with Crippen molar-refractivity contribution in [1.29, 1.82) is 0 Å². The van der Waals surface area contributed by atoms with Crippen LogP contribution in [0.15, 0.2) is 54.6 Å². The van der Waals surface area contributed by atoms with E-state index in [4.69, 9.17) is 5.21 Å². The van der Waals surface area contributed by atoms with Gasteiger partial charge in [0.1, 0.15) is 0 Å². The number of ketones is 1. The highest BCUT2D eigenvalue weighted by Crippen LogP contribution is 2.43. The number of Topliss-reactive ketones (excluding diaryl/α,β-unsaturated/α-hetero) is 1. The van der Waals surface area contributed by atoms with Crippen LogP contribution >= 0.6 is 0 Å². The third-order valence-corrected chi connectivity index (χ3v) is 6.24. The van der Waals surface area contributed by atoms with Crippen molar-refractivity contribution < 1.29 is 14.8 Å². The lowest BCUT2D eigenvalue weighted by atomic mass is 9.65. The molecule has 0 saturated carbocycles. The molecule has 1 heterocycles. The second kappa shape index (κ2) is 8.31. The van der Waals surface area contributed by atoms with Crippen LogP contribution in [0.1, 0.15) is 46.3 Å². The number of nitrogens with zero attached hydrogens (tertiary/aromatic N) is 1. The molecule has 2 aromatic rings. The van der Waals surface area contributed by atoms with Crippen LogP contribution in [-0.2, 0) is 17.8 Å². The molecule has 4 rings (SSSR count). The first-order chi connectivity index (χ1) is 14.1. The molecule has 0 aromatic heterocycles. The van der Waals surface area contributed by atoms with Gasteiger partial charge in [-0.15, -0.1) is 0 Å². The van der Waals surface area contributed by atoms with E-state index in [0.717, 1.165) is 55.6 Å². The van der Waals surface area contributed by atoms with Gasteiger partial charge < -0.3 is 0 Å². The van der Waals surface area contributed by atoms with Crippen LogP contribution in [0.2, 0.25) is 0 Å². The van der Waals surface area contributed by atoms with Crippen molar-refractivity contribution in [2.24, 2.45) is 5.41 Å². The number of likely N-dealkylation sites (tertiary alicyclic amines) is 1. The average molecular weight is 390 g/mol. The van der Waals surface area contributed by atoms with Crippen LogP contribution in [0.5, 0.6) is 0 Å². The molecular weight excluding hydrogens is 364 g/mol. The summed E-state index contributed by atoms with van der Waals surface area (Å²) in [6.45, 7) is 3.02. The molecular formula is C24H26N2O3. The standard InChI is InChI=1S/C24H26N2O3/c27-22-16-24(10-12-26(13-11-24)17-19-4-2-1-3-5-19)15-20-8-6-18(14-21(20)22)7-9-23(28)25-29/h1-9,14,29H,10-13,15-17H2,(H,25,28)/b9-7+. The SMILES string of the molecule is O=C(/C=C/c1ccc2c(c1)C(=O)CC1(CCN(Cc3ccccc3)CC1)C2)NO. The number of hydrogen-bond acceptors (Lipinski definition) is 4. The van der Waals surface area contributed by atoms with Crippen molar-refractivity contribution in [2.45, 2.75) is 32.2 Å². The zero-order chi connectivity index (χ0) is 20.3. The minimum absolute atomic E-state index is 0.0748. The van der Waals surface area contributed by atoms with Crippen molar-refractivity contribution in [3.63, 3.8) is 0 Å². The Balaban J connectivity index is 1.43. The Morgan fingerprint density at radius 3 is 2.59 bits per heavy atom. The molecule has 1 spiro atoms. The highest BCUT2D eigenvalue weighted by atomic mass is 16.5. The Bertz CT molecular complexity index is 928. The van der Waals surface area contributed by atoms with E-state index >= 15 is 0 Å². The van der Waals surface area contributed by atoms with Crippen LogP contribution in [0, 0.1) is 5.41 Å². The number of rotatable bonds is 4. The van der Waals surface area contributed by atoms with E-state index < -0.39 is 5.91 Å². The molecule has 5 heteroatoms. The van der Waals surface area contributed by atoms with Gasteiger partial charge >= 0.3 is 0 Å². The van der Waals surface area contributed by atoms with Crippen molar-refractivity contribution in [3.05, 3.63) is 76.9 Å². The number of hydrogen-bond donors (Lipinski definition) is 2. The molecule has 2 N–H and O–H groups in total. The summed E-state index contributed by atoms with van der Waals surface area (Å²) in [6.07, 6.45) is 6.48. The second-order valence-electron chi connectivity index (χ2n) is 8.26. The van der Waals surface area contributed by atoms with E-state index in [2.05, 4.69) is 29.2 Å². The quantitative estimate of drug-likeness (QED) is 0.475. The molecule has 0 bridgehead atoms. The summed E-state index contributed by atoms with van der Waals surface area (Å²) in [4.78, 5) is 26.6. The van der Waals surface area contributed by atoms with E-state index in [9.17, 15) is 9.59 Å². The molecule has 1 aliphatic heterocycles. The van der Waals surface area contributed by atoms with Crippen molar-refractivity contribution >= 4 is 17.8 Å². The number of benzene rings is 2. The zero-order valence-corrected chi connectivity index (χ0v) is 16.4. The van der Waals surface area contributed by atoms with Crippen LogP contribution in [0.3, 0.4) is 0 Å². The minimum atomic E-state index is -0.588. The van der Waals surface area contributed by atoms with E-state index in [-0.39, 0.29) is 11.2 Å². The van der Waals surface area contributed by atoms with Gasteiger partial charge in [-0.25, -0.2) is 5.48 Å². The van der Waals surface area contributed by atoms with Crippen molar-refractivity contribution in [2.75, 3.05) is 13.1 Å². The van der Waals surface area contributed by atoms with E-state index in [1.54, 1.807) is 11.6 Å². The highest BCUT2D eigenvalue weighted by molar-refractivity contribution is 6.00. The van der Waals surface area contributed by atoms with Gasteiger partial charge in [-0.2, -0.15) is 0 Å². The van der Waals surface area contributed by atoms with Gasteiger partial charge in [-0.3, -0.25) is 19.7 Å². The number of hydroxylamine groups is 1. The molecule has 1 aliphatic carbocycles. The Hall–Kier alpha value is -2.76. The van der Waals surface area contributed by atoms with Crippen LogP contribution < -0.4 is 5.48 Å². The fourth-order valence-corrected chi connectivity index (χ4v) is 4.60. The van der Waals surface area contributed by atoms with Crippen LogP contribution in [0.4, 0.5) is 0 Å². The number of carbonyl (C=O) groups is 2. The summed E-state index contributed by atoms with van der Waals surface area (Å²) in [7, 11) is 0. The monoisotopic (exact) mass is 390 g/mol. The molecule has 29 heavy (non-hydrogen) atoms. The van der Waals surface area contributed by atoms with Gasteiger partial charge in [0.05, 0.1) is 0 Å². The molecule has 0 radical (unpaired) electrons. The molecule has 1 saturated heterocycles. The fraction of sp³-hybridized carbons (Fsp3) is 0.333. The summed E-state index contributed by atoms with van der Waals surface area (Å²) in [5.41, 5.74) is 5.65. The van der Waals surface area contributed by atoms with Crippen LogP contribution in [0.25, 0.3) is 6.08 Å². The maximum Gasteiger partial charge on any atom is 0.267 e. The molecule has 1 amide bonds. The molecule has 1 fully saturated rings. The maximum atomic E-state index is 12.9. The topological polar surface area (TPSA) is 69.6 Å². The molecule has 150 valence electrons. The van der Waals surface area contributed by atoms with Gasteiger partial charge in [0, 0.05) is 24.6 Å². The van der Waals surface area contributed by atoms with Gasteiger partial charge in [-0.05, 0) is 66.6 Å². The summed E-state index contributed by atoms with van der Waals surface area (Å²) in [5.74, 6) is -0.389. The Labute approximate surface area is 171 Å². The molecule has 2 aromatic carbocycles. The van der Waals surface area contributed by atoms with E-state index in [1.807, 2.05) is 24.3 Å². The highest BCUT2D eigenvalue weighted by Gasteiger charge is 2.40. The van der Waals surface area contributed by atoms with Gasteiger partial charge in [0.15, 0.2) is 5.78 Å². The molecule has 0 atom stereocenters. The predicted molar refractivity (Wildman–Crippen MR) is 111 cm³/mol. The maximum absolute atomic E-state index is 12.9. The Morgan fingerprint density at radius 1 is 1.10 bits per heavy atom. The number of carbonyl (C=O) groups excluding carboxylic acids is 2. The first kappa shape index (κ1) is 19.6. The third-order valence-electron chi connectivity index (χ3n) is 6.24. The summed E-state index contributed by atoms with van der Waals surface area (Å²) < 4.78 is 0. The van der Waals surface area contributed by atoms with E-state index in [0.29, 0.717) is 6.42 Å². The lowest BCUT2D eigenvalue weighted by molar-refractivity contribution is -0.124. The number of amides is 1. The normalized spacial score (nSPS) is 18.7. The molecule has 0 unspecified atom stereocenters. The minimum Gasteiger partial charge on any atom is -0.299 e. The summed E-state index contributed by atoms with van der Waals surface area (Å²) in [5, 5.41) is 8.58. The smallest absolute Gasteiger partial charge is 0.267 e. The Kier molecular flexibility index (Phi) is 5.60. The van der Waals surface area contributed by atoms with Crippen molar-refractivity contribution in [3.8, 4) is 0 Å². The third kappa shape index (κ3) is 4.47. The number of piperidine rings is 1. The van der Waals surface area contributed by atoms with E-state index in [1.165, 1.54) is 11.6 Å². The van der Waals surface area contributed by atoms with Crippen LogP contribution in [-0.4, -0.2) is 34.9 Å². The largest absolute Gasteiger partial charge is 0.299 e. The lowest BCUT2D eigenvalue weighted by Gasteiger charge is -2.44. The number of fused-ring (bicyclic) bond motifs is 1. The summed E-state index contributed by atoms with van der Waals surface area (Å²) >= 11 is 0. The molecule has 5 nitrogen and oxygen atoms in total. The first-order valence-corrected chi connectivity index (χ1v) is 10.1. The number of nitrogens with one attached hydrogen (secondary N) is 1. The van der Waals surface area contributed by atoms with Gasteiger partial charge in [-0.1, -0.05) is 42.5 Å². The predicted octanol–water partition coefficient (Wildman–Crippen LogP) is 3.62. The Morgan fingerprint density at radius 2 is 1.86 bits per heavy atom. The molecule has 2 aliphatic rings. The van der Waals surface area contributed by atoms with Crippen molar-refractivity contribution in [1.82, 2.24) is 10.4 Å². The van der Waals surface area contributed by atoms with Gasteiger partial charge in [0.2, 0.25) is 0 Å². The summed E-state index contributed by atoms with van der Waals surface area (Å²) in [6, 6.07) is 16.3.